The van der Waals surface area contributed by atoms with E-state index in [1.165, 1.54) is 11.8 Å². The molecule has 4 aromatic rings. The molecule has 130 valence electrons. The first kappa shape index (κ1) is 16.3. The average molecular weight is 366 g/mol. The fourth-order valence-electron chi connectivity index (χ4n) is 2.34. The third-order valence-electron chi connectivity index (χ3n) is 3.56. The van der Waals surface area contributed by atoms with Crippen molar-refractivity contribution >= 4 is 11.8 Å². The standard InChI is InChI=1S/C18H14N4O3S/c1-23-14-10-6-5-9-13(14)16-19-15(25-22-16)11-26-18-21-20-17(24-18)12-7-3-2-4-8-12/h2-10H,11H2,1H3. The summed E-state index contributed by atoms with van der Waals surface area (Å²) in [7, 11) is 1.61. The molecule has 0 saturated heterocycles. The number of nitrogens with zero attached hydrogens (tertiary/aromatic N) is 4. The van der Waals surface area contributed by atoms with Crippen LogP contribution in [0.2, 0.25) is 0 Å². The largest absolute Gasteiger partial charge is 0.496 e. The molecule has 0 aliphatic carbocycles. The smallest absolute Gasteiger partial charge is 0.277 e. The summed E-state index contributed by atoms with van der Waals surface area (Å²) in [5.74, 6) is 2.55. The van der Waals surface area contributed by atoms with Crippen molar-refractivity contribution < 1.29 is 13.7 Å². The predicted octanol–water partition coefficient (Wildman–Crippen LogP) is 4.09. The quantitative estimate of drug-likeness (QED) is 0.472. The maximum absolute atomic E-state index is 5.65. The fraction of sp³-hybridized carbons (Fsp3) is 0.111. The lowest BCUT2D eigenvalue weighted by atomic mass is 10.2. The Labute approximate surface area is 153 Å². The molecule has 0 bridgehead atoms. The highest BCUT2D eigenvalue weighted by atomic mass is 32.2. The number of hydrogen-bond acceptors (Lipinski definition) is 8. The van der Waals surface area contributed by atoms with Gasteiger partial charge in [0.05, 0.1) is 18.4 Å². The van der Waals surface area contributed by atoms with Crippen molar-refractivity contribution in [1.82, 2.24) is 20.3 Å². The van der Waals surface area contributed by atoms with Gasteiger partial charge in [0.2, 0.25) is 17.6 Å². The summed E-state index contributed by atoms with van der Waals surface area (Å²) < 4.78 is 16.3. The SMILES string of the molecule is COc1ccccc1-c1noc(CSc2nnc(-c3ccccc3)o2)n1. The van der Waals surface area contributed by atoms with Crippen LogP contribution in [0, 0.1) is 0 Å². The first-order chi connectivity index (χ1) is 12.8. The normalized spacial score (nSPS) is 10.8. The van der Waals surface area contributed by atoms with Crippen LogP contribution in [-0.2, 0) is 5.75 Å². The summed E-state index contributed by atoms with van der Waals surface area (Å²) in [4.78, 5) is 4.40. The van der Waals surface area contributed by atoms with E-state index in [2.05, 4.69) is 20.3 Å². The van der Waals surface area contributed by atoms with Crippen LogP contribution in [0.5, 0.6) is 5.75 Å². The topological polar surface area (TPSA) is 87.1 Å². The summed E-state index contributed by atoms with van der Waals surface area (Å²) in [6, 6.07) is 17.1. The predicted molar refractivity (Wildman–Crippen MR) is 95.6 cm³/mol. The Balaban J connectivity index is 1.45. The van der Waals surface area contributed by atoms with Crippen molar-refractivity contribution in [2.75, 3.05) is 7.11 Å². The van der Waals surface area contributed by atoms with Crippen LogP contribution in [0.1, 0.15) is 5.89 Å². The van der Waals surface area contributed by atoms with Gasteiger partial charge in [-0.2, -0.15) is 4.98 Å². The Morgan fingerprint density at radius 1 is 1.00 bits per heavy atom. The van der Waals surface area contributed by atoms with Gasteiger partial charge >= 0.3 is 0 Å². The lowest BCUT2D eigenvalue weighted by Gasteiger charge is -2.02. The van der Waals surface area contributed by atoms with Gasteiger partial charge in [-0.1, -0.05) is 47.3 Å². The number of hydrogen-bond donors (Lipinski definition) is 0. The zero-order valence-electron chi connectivity index (χ0n) is 13.8. The van der Waals surface area contributed by atoms with Gasteiger partial charge in [-0.05, 0) is 24.3 Å². The van der Waals surface area contributed by atoms with Gasteiger partial charge in [0.15, 0.2) is 0 Å². The molecule has 26 heavy (non-hydrogen) atoms. The number of benzene rings is 2. The molecule has 8 heteroatoms. The van der Waals surface area contributed by atoms with Gasteiger partial charge < -0.3 is 13.7 Å². The van der Waals surface area contributed by atoms with Crippen molar-refractivity contribution in [3.05, 3.63) is 60.5 Å². The van der Waals surface area contributed by atoms with Gasteiger partial charge in [-0.25, -0.2) is 0 Å². The molecule has 2 aromatic heterocycles. The third kappa shape index (κ3) is 3.45. The van der Waals surface area contributed by atoms with E-state index >= 15 is 0 Å². The van der Waals surface area contributed by atoms with Crippen LogP contribution in [-0.4, -0.2) is 27.4 Å². The maximum Gasteiger partial charge on any atom is 0.277 e. The second-order valence-corrected chi connectivity index (χ2v) is 6.17. The molecule has 0 N–H and O–H groups in total. The molecule has 7 nitrogen and oxygen atoms in total. The van der Waals surface area contributed by atoms with E-state index in [4.69, 9.17) is 13.7 Å². The molecule has 0 aliphatic rings. The summed E-state index contributed by atoms with van der Waals surface area (Å²) in [6.07, 6.45) is 0. The maximum atomic E-state index is 5.65. The van der Waals surface area contributed by atoms with Crippen LogP contribution in [0.25, 0.3) is 22.8 Å². The van der Waals surface area contributed by atoms with Gasteiger partial charge in [0.25, 0.3) is 5.22 Å². The first-order valence-corrected chi connectivity index (χ1v) is 8.80. The number of rotatable bonds is 6. The summed E-state index contributed by atoms with van der Waals surface area (Å²) >= 11 is 1.34. The summed E-state index contributed by atoms with van der Waals surface area (Å²) in [6.45, 7) is 0. The van der Waals surface area contributed by atoms with Crippen molar-refractivity contribution in [1.29, 1.82) is 0 Å². The molecule has 2 heterocycles. The van der Waals surface area contributed by atoms with Crippen LogP contribution < -0.4 is 4.74 Å². The monoisotopic (exact) mass is 366 g/mol. The van der Waals surface area contributed by atoms with Crippen molar-refractivity contribution in [2.45, 2.75) is 11.0 Å². The second-order valence-electron chi connectivity index (χ2n) is 5.24. The summed E-state index contributed by atoms with van der Waals surface area (Å²) in [5.41, 5.74) is 1.65. The zero-order valence-corrected chi connectivity index (χ0v) is 14.6. The minimum Gasteiger partial charge on any atom is -0.496 e. The van der Waals surface area contributed by atoms with Crippen molar-refractivity contribution in [3.63, 3.8) is 0 Å². The minimum absolute atomic E-state index is 0.429. The highest BCUT2D eigenvalue weighted by Crippen LogP contribution is 2.29. The van der Waals surface area contributed by atoms with Gasteiger partial charge in [0.1, 0.15) is 5.75 Å². The number of ether oxygens (including phenoxy) is 1. The molecular formula is C18H14N4O3S. The minimum atomic E-state index is 0.429. The van der Waals surface area contributed by atoms with E-state index in [1.807, 2.05) is 54.6 Å². The lowest BCUT2D eigenvalue weighted by molar-refractivity contribution is 0.389. The Hall–Kier alpha value is -3.13. The van der Waals surface area contributed by atoms with E-state index in [0.717, 1.165) is 11.1 Å². The molecule has 0 amide bonds. The molecule has 2 aromatic carbocycles. The fourth-order valence-corrected chi connectivity index (χ4v) is 2.94. The van der Waals surface area contributed by atoms with E-state index in [-0.39, 0.29) is 0 Å². The molecule has 4 rings (SSSR count). The van der Waals surface area contributed by atoms with Gasteiger partial charge in [-0.3, -0.25) is 0 Å². The summed E-state index contributed by atoms with van der Waals surface area (Å²) in [5, 5.41) is 12.5. The van der Waals surface area contributed by atoms with Gasteiger partial charge in [0, 0.05) is 5.56 Å². The van der Waals surface area contributed by atoms with Gasteiger partial charge in [-0.15, -0.1) is 10.2 Å². The number of methoxy groups -OCH3 is 1. The molecular weight excluding hydrogens is 352 g/mol. The molecule has 0 radical (unpaired) electrons. The zero-order chi connectivity index (χ0) is 17.8. The highest BCUT2D eigenvalue weighted by molar-refractivity contribution is 7.98. The molecule has 0 fully saturated rings. The molecule has 0 spiro atoms. The third-order valence-corrected chi connectivity index (χ3v) is 4.37. The van der Waals surface area contributed by atoms with Crippen molar-refractivity contribution in [2.24, 2.45) is 0 Å². The van der Waals surface area contributed by atoms with E-state index in [0.29, 0.717) is 34.3 Å². The number of para-hydroxylation sites is 1. The van der Waals surface area contributed by atoms with Crippen LogP contribution in [0.15, 0.2) is 68.8 Å². The Kier molecular flexibility index (Phi) is 4.65. The van der Waals surface area contributed by atoms with E-state index in [1.54, 1.807) is 7.11 Å². The Morgan fingerprint density at radius 3 is 2.65 bits per heavy atom. The van der Waals surface area contributed by atoms with E-state index in [9.17, 15) is 0 Å². The van der Waals surface area contributed by atoms with Crippen LogP contribution >= 0.6 is 11.8 Å². The lowest BCUT2D eigenvalue weighted by Crippen LogP contribution is -1.89. The molecule has 0 saturated carbocycles. The first-order valence-electron chi connectivity index (χ1n) is 7.81. The van der Waals surface area contributed by atoms with E-state index < -0.39 is 0 Å². The Morgan fingerprint density at radius 2 is 1.81 bits per heavy atom. The highest BCUT2D eigenvalue weighted by Gasteiger charge is 2.15. The number of thioether (sulfide) groups is 1. The Bertz CT molecular complexity index is 1000. The second kappa shape index (κ2) is 7.40. The number of aromatic nitrogens is 4. The molecule has 0 atom stereocenters. The van der Waals surface area contributed by atoms with Crippen LogP contribution in [0.4, 0.5) is 0 Å². The average Bonchev–Trinajstić information content (AvgIpc) is 3.36. The molecule has 0 aliphatic heterocycles. The van der Waals surface area contributed by atoms with Crippen LogP contribution in [0.3, 0.4) is 0 Å². The molecule has 0 unspecified atom stereocenters. The van der Waals surface area contributed by atoms with Crippen molar-refractivity contribution in [3.8, 4) is 28.6 Å².